The maximum atomic E-state index is 12.8. The van der Waals surface area contributed by atoms with E-state index in [1.165, 1.54) is 0 Å². The van der Waals surface area contributed by atoms with Crippen LogP contribution in [0.3, 0.4) is 0 Å². The van der Waals surface area contributed by atoms with Crippen LogP contribution in [-0.4, -0.2) is 29.2 Å². The largest absolute Gasteiger partial charge is 0.354 e. The molecule has 1 aliphatic rings. The molecule has 0 radical (unpaired) electrons. The van der Waals surface area contributed by atoms with Gasteiger partial charge in [0.05, 0.1) is 11.6 Å². The molecule has 1 fully saturated rings. The molecule has 0 saturated carbocycles. The number of hydrogen-bond acceptors (Lipinski definition) is 4. The Kier molecular flexibility index (Phi) is 5.90. The lowest BCUT2D eigenvalue weighted by Gasteiger charge is -2.32. The zero-order valence-corrected chi connectivity index (χ0v) is 17.9. The highest BCUT2D eigenvalue weighted by atomic mass is 79.9. The monoisotopic (exact) mass is 450 g/mol. The quantitative estimate of drug-likeness (QED) is 0.602. The molecule has 2 heterocycles. The summed E-state index contributed by atoms with van der Waals surface area (Å²) < 4.78 is 1.04. The second-order valence-electron chi connectivity index (χ2n) is 7.38. The van der Waals surface area contributed by atoms with Gasteiger partial charge < -0.3 is 10.2 Å². The van der Waals surface area contributed by atoms with Crippen LogP contribution in [0.4, 0.5) is 11.5 Å². The maximum absolute atomic E-state index is 12.8. The summed E-state index contributed by atoms with van der Waals surface area (Å²) in [6.45, 7) is 3.56. The number of halogens is 1. The topological polar surface area (TPSA) is 58.1 Å². The molecule has 1 aliphatic heterocycles. The maximum Gasteiger partial charge on any atom is 0.229 e. The van der Waals surface area contributed by atoms with E-state index in [1.54, 1.807) is 0 Å². The van der Waals surface area contributed by atoms with Gasteiger partial charge >= 0.3 is 0 Å². The van der Waals surface area contributed by atoms with Gasteiger partial charge in [0, 0.05) is 28.8 Å². The third kappa shape index (κ3) is 4.65. The Bertz CT molecular complexity index is 992. The van der Waals surface area contributed by atoms with Crippen molar-refractivity contribution in [3.63, 3.8) is 0 Å². The van der Waals surface area contributed by atoms with Crippen molar-refractivity contribution in [1.29, 1.82) is 0 Å². The standard InChI is InChI=1S/C23H23BrN4O/c1-16-14-19(9-10-20(16)24)25-23(29)18-8-5-13-28(15-18)22-12-11-21(26-27-22)17-6-3-2-4-7-17/h2-4,6-7,9-12,14,18H,5,8,13,15H2,1H3,(H,25,29). The molecule has 0 aliphatic carbocycles. The molecule has 0 spiro atoms. The van der Waals surface area contributed by atoms with Gasteiger partial charge in [-0.05, 0) is 55.7 Å². The zero-order valence-electron chi connectivity index (χ0n) is 16.3. The highest BCUT2D eigenvalue weighted by molar-refractivity contribution is 9.10. The van der Waals surface area contributed by atoms with Crippen molar-refractivity contribution in [1.82, 2.24) is 10.2 Å². The Labute approximate surface area is 179 Å². The number of carbonyl (C=O) groups excluding carboxylic acids is 1. The number of hydrogen-bond donors (Lipinski definition) is 1. The Morgan fingerprint density at radius 3 is 2.66 bits per heavy atom. The smallest absolute Gasteiger partial charge is 0.229 e. The summed E-state index contributed by atoms with van der Waals surface area (Å²) in [4.78, 5) is 14.9. The van der Waals surface area contributed by atoms with Gasteiger partial charge in [0.25, 0.3) is 0 Å². The Balaban J connectivity index is 1.42. The molecule has 2 aromatic carbocycles. The van der Waals surface area contributed by atoms with E-state index in [4.69, 9.17) is 0 Å². The molecule has 148 valence electrons. The fraction of sp³-hybridized carbons (Fsp3) is 0.261. The molecular weight excluding hydrogens is 428 g/mol. The van der Waals surface area contributed by atoms with Crippen LogP contribution in [0.25, 0.3) is 11.3 Å². The van der Waals surface area contributed by atoms with Crippen LogP contribution in [-0.2, 0) is 4.79 Å². The predicted octanol–water partition coefficient (Wildman–Crippen LogP) is 5.07. The van der Waals surface area contributed by atoms with Crippen molar-refractivity contribution < 1.29 is 4.79 Å². The van der Waals surface area contributed by atoms with Crippen LogP contribution < -0.4 is 10.2 Å². The first kappa shape index (κ1) is 19.6. The van der Waals surface area contributed by atoms with E-state index in [2.05, 4.69) is 36.3 Å². The number of rotatable bonds is 4. The number of anilines is 2. The number of benzene rings is 2. The fourth-order valence-corrected chi connectivity index (χ4v) is 3.87. The first-order valence-corrected chi connectivity index (χ1v) is 10.6. The Hall–Kier alpha value is -2.73. The van der Waals surface area contributed by atoms with Gasteiger partial charge in [-0.25, -0.2) is 0 Å². The molecule has 5 nitrogen and oxygen atoms in total. The van der Waals surface area contributed by atoms with Crippen LogP contribution in [0.2, 0.25) is 0 Å². The molecule has 6 heteroatoms. The van der Waals surface area contributed by atoms with Gasteiger partial charge in [0.2, 0.25) is 5.91 Å². The van der Waals surface area contributed by atoms with Crippen molar-refractivity contribution in [2.45, 2.75) is 19.8 Å². The van der Waals surface area contributed by atoms with Crippen LogP contribution in [0.1, 0.15) is 18.4 Å². The molecular formula is C23H23BrN4O. The minimum absolute atomic E-state index is 0.0605. The van der Waals surface area contributed by atoms with Crippen molar-refractivity contribution >= 4 is 33.3 Å². The van der Waals surface area contributed by atoms with Gasteiger partial charge in [-0.2, -0.15) is 0 Å². The molecule has 1 N–H and O–H groups in total. The van der Waals surface area contributed by atoms with Crippen molar-refractivity contribution in [2.24, 2.45) is 5.92 Å². The second kappa shape index (κ2) is 8.74. The number of nitrogens with zero attached hydrogens (tertiary/aromatic N) is 3. The number of piperidine rings is 1. The minimum atomic E-state index is -0.0664. The Morgan fingerprint density at radius 1 is 1.10 bits per heavy atom. The lowest BCUT2D eigenvalue weighted by atomic mass is 9.97. The molecule has 4 rings (SSSR count). The molecule has 29 heavy (non-hydrogen) atoms. The van der Waals surface area contributed by atoms with Gasteiger partial charge in [-0.3, -0.25) is 4.79 Å². The summed E-state index contributed by atoms with van der Waals surface area (Å²) in [5.41, 5.74) is 3.83. The van der Waals surface area contributed by atoms with Crippen LogP contribution in [0.5, 0.6) is 0 Å². The number of carbonyl (C=O) groups is 1. The van der Waals surface area contributed by atoms with E-state index < -0.39 is 0 Å². The highest BCUT2D eigenvalue weighted by Crippen LogP contribution is 2.25. The minimum Gasteiger partial charge on any atom is -0.354 e. The van der Waals surface area contributed by atoms with Gasteiger partial charge in [-0.15, -0.1) is 10.2 Å². The van der Waals surface area contributed by atoms with E-state index >= 15 is 0 Å². The normalized spacial score (nSPS) is 16.5. The van der Waals surface area contributed by atoms with Gasteiger partial charge in [0.15, 0.2) is 5.82 Å². The molecule has 0 bridgehead atoms. The molecule has 1 amide bonds. The third-order valence-corrected chi connectivity index (χ3v) is 6.15. The SMILES string of the molecule is Cc1cc(NC(=O)C2CCCN(c3ccc(-c4ccccc4)nn3)C2)ccc1Br. The van der Waals surface area contributed by atoms with E-state index in [-0.39, 0.29) is 11.8 Å². The van der Waals surface area contributed by atoms with Crippen LogP contribution in [0, 0.1) is 12.8 Å². The highest BCUT2D eigenvalue weighted by Gasteiger charge is 2.27. The van der Waals surface area contributed by atoms with E-state index in [0.29, 0.717) is 6.54 Å². The summed E-state index contributed by atoms with van der Waals surface area (Å²) in [5, 5.41) is 11.9. The average Bonchev–Trinajstić information content (AvgIpc) is 2.77. The van der Waals surface area contributed by atoms with E-state index in [0.717, 1.165) is 52.2 Å². The van der Waals surface area contributed by atoms with E-state index in [1.807, 2.05) is 67.6 Å². The van der Waals surface area contributed by atoms with Gasteiger partial charge in [-0.1, -0.05) is 46.3 Å². The second-order valence-corrected chi connectivity index (χ2v) is 8.24. The Morgan fingerprint density at radius 2 is 1.93 bits per heavy atom. The number of aromatic nitrogens is 2. The van der Waals surface area contributed by atoms with Crippen LogP contribution >= 0.6 is 15.9 Å². The summed E-state index contributed by atoms with van der Waals surface area (Å²) in [6, 6.07) is 19.9. The number of aryl methyl sites for hydroxylation is 1. The lowest BCUT2D eigenvalue weighted by Crippen LogP contribution is -2.41. The predicted molar refractivity (Wildman–Crippen MR) is 120 cm³/mol. The first-order chi connectivity index (χ1) is 14.1. The molecule has 3 aromatic rings. The lowest BCUT2D eigenvalue weighted by molar-refractivity contribution is -0.120. The van der Waals surface area contributed by atoms with Crippen molar-refractivity contribution in [2.75, 3.05) is 23.3 Å². The summed E-state index contributed by atoms with van der Waals surface area (Å²) in [5.74, 6) is 0.815. The fourth-order valence-electron chi connectivity index (χ4n) is 3.62. The molecule has 1 saturated heterocycles. The van der Waals surface area contributed by atoms with Crippen LogP contribution in [0.15, 0.2) is 65.1 Å². The first-order valence-electron chi connectivity index (χ1n) is 9.81. The van der Waals surface area contributed by atoms with Gasteiger partial charge in [0.1, 0.15) is 0 Å². The number of nitrogens with one attached hydrogen (secondary N) is 1. The third-order valence-electron chi connectivity index (χ3n) is 5.26. The molecule has 1 unspecified atom stereocenters. The zero-order chi connectivity index (χ0) is 20.2. The van der Waals surface area contributed by atoms with Crippen molar-refractivity contribution in [3.05, 3.63) is 70.7 Å². The van der Waals surface area contributed by atoms with Crippen molar-refractivity contribution in [3.8, 4) is 11.3 Å². The summed E-state index contributed by atoms with van der Waals surface area (Å²) >= 11 is 3.49. The molecule has 1 aromatic heterocycles. The number of amides is 1. The van der Waals surface area contributed by atoms with E-state index in [9.17, 15) is 4.79 Å². The summed E-state index contributed by atoms with van der Waals surface area (Å²) in [7, 11) is 0. The average molecular weight is 451 g/mol. The molecule has 1 atom stereocenters. The summed E-state index contributed by atoms with van der Waals surface area (Å²) in [6.07, 6.45) is 1.84.